The third kappa shape index (κ3) is 4.25. The highest BCUT2D eigenvalue weighted by Gasteiger charge is 2.14. The van der Waals surface area contributed by atoms with Gasteiger partial charge in [0.05, 0.1) is 5.57 Å². The minimum absolute atomic E-state index is 0.0530. The highest BCUT2D eigenvalue weighted by molar-refractivity contribution is 6.11. The molecule has 2 aromatic rings. The number of allylic oxidation sites excluding steroid dienone is 4. The lowest BCUT2D eigenvalue weighted by Crippen LogP contribution is -2.09. The minimum Gasteiger partial charge on any atom is -0.423 e. The number of carbonyl (C=O) groups excluding carboxylic acids is 2. The summed E-state index contributed by atoms with van der Waals surface area (Å²) in [7, 11) is 0. The summed E-state index contributed by atoms with van der Waals surface area (Å²) in [6.45, 7) is 3.95. The fourth-order valence-electron chi connectivity index (χ4n) is 2.59. The standard InChI is InChI=1S/C23H20O3/c1-16-6-10-19(11-7-16)22(24)18-4-3-5-20(13-12-18)23(25)26-21-14-8-17(2)9-15-21/h4-15H,3H2,1-2H3. The molecule has 0 amide bonds. The van der Waals surface area contributed by atoms with E-state index < -0.39 is 5.97 Å². The molecular weight excluding hydrogens is 324 g/mol. The molecule has 3 nitrogen and oxygen atoms in total. The first-order chi connectivity index (χ1) is 12.5. The van der Waals surface area contributed by atoms with E-state index in [1.54, 1.807) is 30.4 Å². The molecular formula is C23H20O3. The molecule has 26 heavy (non-hydrogen) atoms. The van der Waals surface area contributed by atoms with Crippen LogP contribution in [0, 0.1) is 13.8 Å². The molecule has 3 heteroatoms. The Morgan fingerprint density at radius 3 is 1.96 bits per heavy atom. The predicted molar refractivity (Wildman–Crippen MR) is 102 cm³/mol. The van der Waals surface area contributed by atoms with Crippen molar-refractivity contribution in [1.29, 1.82) is 0 Å². The number of hydrogen-bond donors (Lipinski definition) is 0. The quantitative estimate of drug-likeness (QED) is 0.450. The molecule has 0 radical (unpaired) electrons. The van der Waals surface area contributed by atoms with Gasteiger partial charge in [-0.2, -0.15) is 0 Å². The molecule has 130 valence electrons. The van der Waals surface area contributed by atoms with Crippen LogP contribution in [0.4, 0.5) is 0 Å². The highest BCUT2D eigenvalue weighted by Crippen LogP contribution is 2.19. The molecule has 0 fully saturated rings. The monoisotopic (exact) mass is 344 g/mol. The van der Waals surface area contributed by atoms with Gasteiger partial charge in [0.25, 0.3) is 0 Å². The summed E-state index contributed by atoms with van der Waals surface area (Å²) in [6, 6.07) is 14.8. The Labute approximate surface area is 153 Å². The van der Waals surface area contributed by atoms with Gasteiger partial charge in [0.15, 0.2) is 5.78 Å². The molecule has 0 N–H and O–H groups in total. The van der Waals surface area contributed by atoms with Gasteiger partial charge in [0.2, 0.25) is 0 Å². The molecule has 0 saturated carbocycles. The van der Waals surface area contributed by atoms with Gasteiger partial charge in [-0.15, -0.1) is 0 Å². The summed E-state index contributed by atoms with van der Waals surface area (Å²) in [5.74, 6) is 0.0217. The molecule has 2 aromatic carbocycles. The Kier molecular flexibility index (Phi) is 5.28. The lowest BCUT2D eigenvalue weighted by molar-refractivity contribution is -0.129. The molecule has 0 unspecified atom stereocenters. The van der Waals surface area contributed by atoms with Crippen LogP contribution in [-0.2, 0) is 4.79 Å². The van der Waals surface area contributed by atoms with E-state index in [-0.39, 0.29) is 5.78 Å². The Balaban J connectivity index is 1.70. The highest BCUT2D eigenvalue weighted by atomic mass is 16.5. The van der Waals surface area contributed by atoms with E-state index in [1.807, 2.05) is 56.3 Å². The van der Waals surface area contributed by atoms with E-state index in [0.29, 0.717) is 28.9 Å². The van der Waals surface area contributed by atoms with E-state index in [2.05, 4.69) is 0 Å². The average Bonchev–Trinajstić information content (AvgIpc) is 2.90. The van der Waals surface area contributed by atoms with Gasteiger partial charge < -0.3 is 4.74 Å². The molecule has 0 bridgehead atoms. The van der Waals surface area contributed by atoms with Crippen molar-refractivity contribution >= 4 is 11.8 Å². The van der Waals surface area contributed by atoms with Crippen LogP contribution in [0.25, 0.3) is 0 Å². The fraction of sp³-hybridized carbons (Fsp3) is 0.130. The summed E-state index contributed by atoms with van der Waals surface area (Å²) in [5, 5.41) is 0. The van der Waals surface area contributed by atoms with Crippen molar-refractivity contribution < 1.29 is 14.3 Å². The second kappa shape index (κ2) is 7.79. The molecule has 0 atom stereocenters. The van der Waals surface area contributed by atoms with Gasteiger partial charge in [0.1, 0.15) is 5.75 Å². The second-order valence-corrected chi connectivity index (χ2v) is 6.29. The van der Waals surface area contributed by atoms with Crippen molar-refractivity contribution in [3.63, 3.8) is 0 Å². The van der Waals surface area contributed by atoms with Crippen LogP contribution in [-0.4, -0.2) is 11.8 Å². The third-order valence-electron chi connectivity index (χ3n) is 4.16. The summed E-state index contributed by atoms with van der Waals surface area (Å²) in [4.78, 5) is 24.9. The van der Waals surface area contributed by atoms with E-state index in [1.165, 1.54) is 0 Å². The SMILES string of the molecule is Cc1ccc(OC(=O)C2=CCC=C(C(=O)c3ccc(C)cc3)C=C2)cc1. The smallest absolute Gasteiger partial charge is 0.343 e. The van der Waals surface area contributed by atoms with Gasteiger partial charge >= 0.3 is 5.97 Å². The van der Waals surface area contributed by atoms with Crippen molar-refractivity contribution in [2.24, 2.45) is 0 Å². The van der Waals surface area contributed by atoms with E-state index in [4.69, 9.17) is 4.74 Å². The maximum absolute atomic E-state index is 12.6. The van der Waals surface area contributed by atoms with E-state index in [9.17, 15) is 9.59 Å². The van der Waals surface area contributed by atoms with Crippen LogP contribution in [0.1, 0.15) is 27.9 Å². The number of rotatable bonds is 4. The van der Waals surface area contributed by atoms with Crippen molar-refractivity contribution in [2.75, 3.05) is 0 Å². The molecule has 0 spiro atoms. The second-order valence-electron chi connectivity index (χ2n) is 6.29. The van der Waals surface area contributed by atoms with Crippen LogP contribution >= 0.6 is 0 Å². The lowest BCUT2D eigenvalue weighted by Gasteiger charge is -2.05. The molecule has 0 saturated heterocycles. The number of benzene rings is 2. The maximum Gasteiger partial charge on any atom is 0.343 e. The van der Waals surface area contributed by atoms with Crippen LogP contribution in [0.2, 0.25) is 0 Å². The Morgan fingerprint density at radius 2 is 1.31 bits per heavy atom. The van der Waals surface area contributed by atoms with Gasteiger partial charge in [-0.3, -0.25) is 4.79 Å². The maximum atomic E-state index is 12.6. The Morgan fingerprint density at radius 1 is 0.769 bits per heavy atom. The zero-order chi connectivity index (χ0) is 18.5. The number of ether oxygens (including phenoxy) is 1. The van der Waals surface area contributed by atoms with Gasteiger partial charge in [-0.1, -0.05) is 65.8 Å². The number of aryl methyl sites for hydroxylation is 2. The van der Waals surface area contributed by atoms with Crippen LogP contribution in [0.5, 0.6) is 5.75 Å². The summed E-state index contributed by atoms with van der Waals surface area (Å²) < 4.78 is 5.39. The zero-order valence-electron chi connectivity index (χ0n) is 14.9. The number of ketones is 1. The topological polar surface area (TPSA) is 43.4 Å². The van der Waals surface area contributed by atoms with Crippen molar-refractivity contribution in [3.05, 3.63) is 101 Å². The molecule has 0 heterocycles. The van der Waals surface area contributed by atoms with Crippen LogP contribution in [0.15, 0.2) is 84.0 Å². The molecule has 1 aliphatic rings. The normalized spacial score (nSPS) is 13.5. The van der Waals surface area contributed by atoms with Crippen molar-refractivity contribution in [2.45, 2.75) is 20.3 Å². The van der Waals surface area contributed by atoms with Crippen LogP contribution in [0.3, 0.4) is 0 Å². The van der Waals surface area contributed by atoms with Crippen LogP contribution < -0.4 is 4.74 Å². The molecule has 0 aromatic heterocycles. The first kappa shape index (κ1) is 17.6. The number of Topliss-reactive ketones (excluding diaryl/α,β-unsaturated/α-hetero) is 1. The number of esters is 1. The summed E-state index contributed by atoms with van der Waals surface area (Å²) in [5.41, 5.74) is 3.85. The zero-order valence-corrected chi connectivity index (χ0v) is 14.9. The minimum atomic E-state index is -0.428. The first-order valence-corrected chi connectivity index (χ1v) is 8.51. The molecule has 1 aliphatic carbocycles. The average molecular weight is 344 g/mol. The Bertz CT molecular complexity index is 911. The predicted octanol–water partition coefficient (Wildman–Crippen LogP) is 4.90. The van der Waals surface area contributed by atoms with Gasteiger partial charge in [0, 0.05) is 11.1 Å². The number of hydrogen-bond acceptors (Lipinski definition) is 3. The largest absolute Gasteiger partial charge is 0.423 e. The number of carbonyl (C=O) groups is 2. The third-order valence-corrected chi connectivity index (χ3v) is 4.16. The van der Waals surface area contributed by atoms with E-state index >= 15 is 0 Å². The van der Waals surface area contributed by atoms with Crippen molar-refractivity contribution in [1.82, 2.24) is 0 Å². The molecule has 0 aliphatic heterocycles. The Hall–Kier alpha value is -3.20. The van der Waals surface area contributed by atoms with Gasteiger partial charge in [-0.05, 0) is 38.5 Å². The lowest BCUT2D eigenvalue weighted by atomic mass is 10.0. The molecule has 3 rings (SSSR count). The fourth-order valence-corrected chi connectivity index (χ4v) is 2.59. The van der Waals surface area contributed by atoms with Gasteiger partial charge in [-0.25, -0.2) is 4.79 Å². The van der Waals surface area contributed by atoms with Crippen molar-refractivity contribution in [3.8, 4) is 5.75 Å². The summed E-state index contributed by atoms with van der Waals surface area (Å²) in [6.07, 6.45) is 7.41. The first-order valence-electron chi connectivity index (χ1n) is 8.51. The van der Waals surface area contributed by atoms with E-state index in [0.717, 1.165) is 11.1 Å². The summed E-state index contributed by atoms with van der Waals surface area (Å²) >= 11 is 0.